The van der Waals surface area contributed by atoms with Crippen LogP contribution < -0.4 is 0 Å². The lowest BCUT2D eigenvalue weighted by Gasteiger charge is -2.09. The Hall–Kier alpha value is -6.96. The van der Waals surface area contributed by atoms with Crippen molar-refractivity contribution in [2.45, 2.75) is 0 Å². The first-order chi connectivity index (χ1) is 26.2. The summed E-state index contributed by atoms with van der Waals surface area (Å²) in [5, 5.41) is 4.88. The smallest absolute Gasteiger partial charge is 0.227 e. The quantitative estimate of drug-likeness (QED) is 0.179. The van der Waals surface area contributed by atoms with E-state index < -0.39 is 0 Å². The molecule has 4 aromatic heterocycles. The van der Waals surface area contributed by atoms with Crippen molar-refractivity contribution in [2.24, 2.45) is 0 Å². The number of aromatic nitrogens is 5. The summed E-state index contributed by atoms with van der Waals surface area (Å²) in [6.45, 7) is 0. The molecule has 0 N–H and O–H groups in total. The van der Waals surface area contributed by atoms with E-state index in [-0.39, 0.29) is 0 Å². The monoisotopic (exact) mass is 697 g/mol. The zero-order chi connectivity index (χ0) is 34.9. The molecule has 0 bridgehead atoms. The Morgan fingerprint density at radius 1 is 0.453 bits per heavy atom. The van der Waals surface area contributed by atoms with Gasteiger partial charge in [-0.1, -0.05) is 103 Å². The summed E-state index contributed by atoms with van der Waals surface area (Å²) < 4.78 is 11.1. The molecule has 0 saturated carbocycles. The van der Waals surface area contributed by atoms with Gasteiger partial charge in [0.2, 0.25) is 5.89 Å². The van der Waals surface area contributed by atoms with E-state index in [1.807, 2.05) is 54.6 Å². The average Bonchev–Trinajstić information content (AvgIpc) is 3.93. The topological polar surface area (TPSA) is 69.6 Å². The maximum atomic E-state index is 6.38. The van der Waals surface area contributed by atoms with Crippen molar-refractivity contribution in [1.29, 1.82) is 0 Å². The van der Waals surface area contributed by atoms with Crippen molar-refractivity contribution in [2.75, 3.05) is 0 Å². The van der Waals surface area contributed by atoms with E-state index in [0.29, 0.717) is 28.9 Å². The van der Waals surface area contributed by atoms with Crippen molar-refractivity contribution in [3.05, 3.63) is 164 Å². The summed E-state index contributed by atoms with van der Waals surface area (Å²) in [6.07, 6.45) is 0. The van der Waals surface area contributed by atoms with Gasteiger partial charge in [0.1, 0.15) is 5.52 Å². The molecule has 0 spiro atoms. The molecule has 7 heteroatoms. The van der Waals surface area contributed by atoms with Gasteiger partial charge in [0.15, 0.2) is 23.1 Å². The van der Waals surface area contributed by atoms with E-state index in [1.165, 1.54) is 26.2 Å². The van der Waals surface area contributed by atoms with Crippen molar-refractivity contribution in [1.82, 2.24) is 24.5 Å². The van der Waals surface area contributed by atoms with Crippen molar-refractivity contribution in [3.8, 4) is 51.3 Å². The van der Waals surface area contributed by atoms with Crippen molar-refractivity contribution < 1.29 is 4.42 Å². The predicted molar refractivity (Wildman–Crippen MR) is 216 cm³/mol. The molecule has 6 nitrogen and oxygen atoms in total. The Morgan fingerprint density at radius 3 is 1.91 bits per heavy atom. The summed E-state index contributed by atoms with van der Waals surface area (Å²) >= 11 is 1.77. The summed E-state index contributed by atoms with van der Waals surface area (Å²) in [6, 6.07) is 56.3. The van der Waals surface area contributed by atoms with Crippen LogP contribution in [0.1, 0.15) is 0 Å². The van der Waals surface area contributed by atoms with E-state index in [1.54, 1.807) is 11.3 Å². The van der Waals surface area contributed by atoms with Gasteiger partial charge in [-0.3, -0.25) is 0 Å². The van der Waals surface area contributed by atoms with Crippen molar-refractivity contribution in [3.63, 3.8) is 0 Å². The molecule has 0 amide bonds. The molecule has 4 heterocycles. The first kappa shape index (κ1) is 29.7. The van der Waals surface area contributed by atoms with E-state index in [9.17, 15) is 0 Å². The maximum absolute atomic E-state index is 6.38. The summed E-state index contributed by atoms with van der Waals surface area (Å²) in [5.41, 5.74) is 8.42. The number of oxazole rings is 1. The summed E-state index contributed by atoms with van der Waals surface area (Å²) in [7, 11) is 0. The second-order valence-corrected chi connectivity index (χ2v) is 14.1. The van der Waals surface area contributed by atoms with E-state index in [2.05, 4.69) is 114 Å². The highest BCUT2D eigenvalue weighted by Gasteiger charge is 2.18. The van der Waals surface area contributed by atoms with Crippen LogP contribution in [-0.2, 0) is 0 Å². The van der Waals surface area contributed by atoms with Crippen LogP contribution >= 0.6 is 11.3 Å². The minimum atomic E-state index is 0.553. The first-order valence-electron chi connectivity index (χ1n) is 17.5. The lowest BCUT2D eigenvalue weighted by molar-refractivity contribution is 0.620. The SMILES string of the molecule is c1ccc(-c2nc(-c3ccc4oc(-c5cccc(-n6c7ccccc7c7ccccc76)c5)nc4c3)nc(-c3cccc4c3sc3ccccc34)n2)cc1. The molecule has 0 aliphatic heterocycles. The minimum Gasteiger partial charge on any atom is -0.436 e. The van der Waals surface area contributed by atoms with Gasteiger partial charge >= 0.3 is 0 Å². The van der Waals surface area contributed by atoms with Crippen LogP contribution in [0.3, 0.4) is 0 Å². The number of hydrogen-bond donors (Lipinski definition) is 0. The maximum Gasteiger partial charge on any atom is 0.227 e. The molecule has 248 valence electrons. The number of benzene rings is 7. The van der Waals surface area contributed by atoms with Gasteiger partial charge in [-0.05, 0) is 60.7 Å². The Balaban J connectivity index is 1.03. The fourth-order valence-electron chi connectivity index (χ4n) is 7.43. The van der Waals surface area contributed by atoms with Crippen molar-refractivity contribution >= 4 is 64.4 Å². The molecular formula is C46H27N5OS. The third-order valence-electron chi connectivity index (χ3n) is 9.89. The lowest BCUT2D eigenvalue weighted by atomic mass is 10.1. The lowest BCUT2D eigenvalue weighted by Crippen LogP contribution is -2.00. The second kappa shape index (κ2) is 11.8. The van der Waals surface area contributed by atoms with Gasteiger partial charge in [-0.2, -0.15) is 0 Å². The highest BCUT2D eigenvalue weighted by Crippen LogP contribution is 2.40. The molecule has 11 aromatic rings. The highest BCUT2D eigenvalue weighted by molar-refractivity contribution is 7.26. The van der Waals surface area contributed by atoms with E-state index >= 15 is 0 Å². The number of thiophene rings is 1. The highest BCUT2D eigenvalue weighted by atomic mass is 32.1. The molecule has 11 rings (SSSR count). The first-order valence-corrected chi connectivity index (χ1v) is 18.3. The van der Waals surface area contributed by atoms with Gasteiger partial charge in [0.05, 0.1) is 11.0 Å². The van der Waals surface area contributed by atoms with E-state index in [4.69, 9.17) is 24.4 Å². The number of nitrogens with zero attached hydrogens (tertiary/aromatic N) is 5. The molecule has 0 unspecified atom stereocenters. The number of hydrogen-bond acceptors (Lipinski definition) is 6. The molecule has 0 fully saturated rings. The molecular weight excluding hydrogens is 671 g/mol. The third-order valence-corrected chi connectivity index (χ3v) is 11.1. The molecule has 7 aromatic carbocycles. The number of rotatable bonds is 5. The Labute approximate surface area is 307 Å². The zero-order valence-electron chi connectivity index (χ0n) is 28.1. The fraction of sp³-hybridized carbons (Fsp3) is 0. The average molecular weight is 698 g/mol. The van der Waals surface area contributed by atoms with Crippen LogP contribution in [0, 0.1) is 0 Å². The molecule has 0 atom stereocenters. The van der Waals surface area contributed by atoms with Gasteiger partial charge in [0.25, 0.3) is 0 Å². The Bertz CT molecular complexity index is 3140. The molecule has 0 saturated heterocycles. The molecule has 0 aliphatic rings. The van der Waals surface area contributed by atoms with Crippen LogP contribution in [0.2, 0.25) is 0 Å². The summed E-state index contributed by atoms with van der Waals surface area (Å²) in [4.78, 5) is 20.1. The zero-order valence-corrected chi connectivity index (χ0v) is 29.0. The second-order valence-electron chi connectivity index (χ2n) is 13.1. The van der Waals surface area contributed by atoms with Gasteiger partial charge < -0.3 is 8.98 Å². The number of fused-ring (bicyclic) bond motifs is 7. The normalized spacial score (nSPS) is 11.8. The molecule has 53 heavy (non-hydrogen) atoms. The molecule has 0 radical (unpaired) electrons. The summed E-state index contributed by atoms with van der Waals surface area (Å²) in [5.74, 6) is 2.38. The van der Waals surface area contributed by atoms with Crippen LogP contribution in [-0.4, -0.2) is 24.5 Å². The standard InChI is InChI=1S/C46H27N5OS/c1-2-12-28(13-3-1)43-48-44(50-45(49-43)36-20-11-19-35-34-18-6-9-23-41(34)53-42(35)36)29-24-25-40-37(27-29)47-46(52-40)30-14-10-15-31(26-30)51-38-21-7-4-16-32(38)33-17-5-8-22-39(33)51/h1-27H. The van der Waals surface area contributed by atoms with Gasteiger partial charge in [-0.25, -0.2) is 19.9 Å². The van der Waals surface area contributed by atoms with Gasteiger partial charge in [-0.15, -0.1) is 11.3 Å². The van der Waals surface area contributed by atoms with Gasteiger partial charge in [0, 0.05) is 58.9 Å². The number of para-hydroxylation sites is 2. The molecule has 0 aliphatic carbocycles. The van der Waals surface area contributed by atoms with E-state index in [0.717, 1.165) is 49.2 Å². The minimum absolute atomic E-state index is 0.553. The van der Waals surface area contributed by atoms with Crippen LogP contribution in [0.25, 0.3) is 104 Å². The fourth-order valence-corrected chi connectivity index (χ4v) is 8.65. The largest absolute Gasteiger partial charge is 0.436 e. The Morgan fingerprint density at radius 2 is 1.09 bits per heavy atom. The predicted octanol–water partition coefficient (Wildman–Crippen LogP) is 12.1. The Kier molecular flexibility index (Phi) is 6.62. The van der Waals surface area contributed by atoms with Crippen LogP contribution in [0.4, 0.5) is 0 Å². The third kappa shape index (κ3) is 4.86. The van der Waals surface area contributed by atoms with Crippen LogP contribution in [0.15, 0.2) is 168 Å². The van der Waals surface area contributed by atoms with Crippen LogP contribution in [0.5, 0.6) is 0 Å².